The molecule has 2 N–H and O–H groups in total. The third-order valence-electron chi connectivity index (χ3n) is 3.98. The summed E-state index contributed by atoms with van der Waals surface area (Å²) in [6.07, 6.45) is 3.40. The van der Waals surface area contributed by atoms with E-state index in [-0.39, 0.29) is 6.17 Å². The minimum Gasteiger partial charge on any atom is -0.496 e. The van der Waals surface area contributed by atoms with Crippen molar-refractivity contribution in [1.82, 2.24) is 4.98 Å². The molecule has 0 aliphatic carbocycles. The second-order valence-corrected chi connectivity index (χ2v) is 6.01. The molecule has 4 nitrogen and oxygen atoms in total. The standard InChI is InChI=1S/C17H17Cl2N3O/c1-3-22-13-8-15(19)21-9-10(13)7-11(17(22)20)16-12(18)5-4-6-14(16)23-2/h4-9,17H,3,20H2,1-2H3. The Kier molecular flexibility index (Phi) is 4.48. The highest BCUT2D eigenvalue weighted by atomic mass is 35.5. The van der Waals surface area contributed by atoms with Crippen LogP contribution in [0.25, 0.3) is 11.6 Å². The molecule has 1 aliphatic rings. The van der Waals surface area contributed by atoms with Crippen molar-refractivity contribution in [3.8, 4) is 5.75 Å². The Morgan fingerprint density at radius 3 is 2.83 bits per heavy atom. The van der Waals surface area contributed by atoms with Crippen molar-refractivity contribution in [3.05, 3.63) is 51.8 Å². The van der Waals surface area contributed by atoms with Crippen LogP contribution >= 0.6 is 23.2 Å². The molecule has 120 valence electrons. The molecule has 1 aliphatic heterocycles. The number of nitrogens with zero attached hydrogens (tertiary/aromatic N) is 2. The van der Waals surface area contributed by atoms with Gasteiger partial charge in [-0.2, -0.15) is 0 Å². The highest BCUT2D eigenvalue weighted by Crippen LogP contribution is 2.41. The number of ether oxygens (including phenoxy) is 1. The van der Waals surface area contributed by atoms with E-state index in [1.165, 1.54) is 0 Å². The number of fused-ring (bicyclic) bond motifs is 1. The fourth-order valence-corrected chi connectivity index (χ4v) is 3.33. The molecule has 0 radical (unpaired) electrons. The van der Waals surface area contributed by atoms with Gasteiger partial charge in [-0.1, -0.05) is 29.3 Å². The Bertz CT molecular complexity index is 776. The number of likely N-dealkylation sites (N-methyl/N-ethyl adjacent to an activating group) is 1. The second-order valence-electron chi connectivity index (χ2n) is 5.21. The quantitative estimate of drug-likeness (QED) is 0.848. The molecular formula is C17H17Cl2N3O. The third-order valence-corrected chi connectivity index (χ3v) is 4.50. The normalized spacial score (nSPS) is 16.8. The topological polar surface area (TPSA) is 51.4 Å². The number of benzene rings is 1. The number of hydrogen-bond donors (Lipinski definition) is 1. The first kappa shape index (κ1) is 16.1. The molecule has 23 heavy (non-hydrogen) atoms. The van der Waals surface area contributed by atoms with Gasteiger partial charge in [0.1, 0.15) is 17.1 Å². The summed E-state index contributed by atoms with van der Waals surface area (Å²) in [5, 5.41) is 1.05. The first-order valence-electron chi connectivity index (χ1n) is 7.29. The van der Waals surface area contributed by atoms with Gasteiger partial charge < -0.3 is 15.4 Å². The molecule has 6 heteroatoms. The van der Waals surface area contributed by atoms with E-state index in [1.54, 1.807) is 13.3 Å². The molecule has 1 aromatic heterocycles. The van der Waals surface area contributed by atoms with Crippen LogP contribution in [0.15, 0.2) is 30.5 Å². The molecule has 1 aromatic carbocycles. The Morgan fingerprint density at radius 2 is 2.13 bits per heavy atom. The van der Waals surface area contributed by atoms with E-state index in [2.05, 4.69) is 9.88 Å². The number of nitrogens with two attached hydrogens (primary N) is 1. The third kappa shape index (κ3) is 2.78. The zero-order chi connectivity index (χ0) is 16.6. The Morgan fingerprint density at radius 1 is 1.35 bits per heavy atom. The van der Waals surface area contributed by atoms with Crippen molar-refractivity contribution in [2.24, 2.45) is 5.73 Å². The largest absolute Gasteiger partial charge is 0.496 e. The number of methoxy groups -OCH3 is 1. The van der Waals surface area contributed by atoms with E-state index in [4.69, 9.17) is 33.7 Å². The predicted octanol–water partition coefficient (Wildman–Crippen LogP) is 4.06. The van der Waals surface area contributed by atoms with Gasteiger partial charge in [-0.05, 0) is 31.2 Å². The van der Waals surface area contributed by atoms with Crippen LogP contribution in [0.2, 0.25) is 10.2 Å². The molecule has 0 saturated heterocycles. The van der Waals surface area contributed by atoms with Crippen molar-refractivity contribution < 1.29 is 4.74 Å². The highest BCUT2D eigenvalue weighted by Gasteiger charge is 2.28. The number of pyridine rings is 1. The zero-order valence-corrected chi connectivity index (χ0v) is 14.4. The van der Waals surface area contributed by atoms with Gasteiger partial charge in [0.05, 0.1) is 17.8 Å². The number of hydrogen-bond acceptors (Lipinski definition) is 4. The first-order chi connectivity index (χ1) is 11.1. The van der Waals surface area contributed by atoms with E-state index in [0.29, 0.717) is 15.9 Å². The monoisotopic (exact) mass is 349 g/mol. The molecular weight excluding hydrogens is 333 g/mol. The summed E-state index contributed by atoms with van der Waals surface area (Å²) >= 11 is 12.5. The van der Waals surface area contributed by atoms with Crippen LogP contribution in [0.3, 0.4) is 0 Å². The van der Waals surface area contributed by atoms with E-state index in [1.807, 2.05) is 37.3 Å². The Balaban J connectivity index is 2.23. The molecule has 1 unspecified atom stereocenters. The average Bonchev–Trinajstić information content (AvgIpc) is 2.54. The van der Waals surface area contributed by atoms with E-state index in [9.17, 15) is 0 Å². The number of aromatic nitrogens is 1. The molecule has 0 spiro atoms. The van der Waals surface area contributed by atoms with Gasteiger partial charge in [0.25, 0.3) is 0 Å². The molecule has 3 rings (SSSR count). The fraction of sp³-hybridized carbons (Fsp3) is 0.235. The predicted molar refractivity (Wildman–Crippen MR) is 96.1 cm³/mol. The van der Waals surface area contributed by atoms with Crippen LogP contribution in [0.5, 0.6) is 5.75 Å². The summed E-state index contributed by atoms with van der Waals surface area (Å²) in [4.78, 5) is 6.24. The number of halogens is 2. The van der Waals surface area contributed by atoms with Crippen molar-refractivity contribution in [2.75, 3.05) is 18.6 Å². The highest BCUT2D eigenvalue weighted by molar-refractivity contribution is 6.33. The lowest BCUT2D eigenvalue weighted by Gasteiger charge is -2.37. The molecule has 0 amide bonds. The van der Waals surface area contributed by atoms with Gasteiger partial charge >= 0.3 is 0 Å². The maximum Gasteiger partial charge on any atom is 0.131 e. The Labute approximate surface area is 145 Å². The lowest BCUT2D eigenvalue weighted by molar-refractivity contribution is 0.413. The lowest BCUT2D eigenvalue weighted by atomic mass is 9.94. The summed E-state index contributed by atoms with van der Waals surface area (Å²) < 4.78 is 5.47. The van der Waals surface area contributed by atoms with Gasteiger partial charge in [0.2, 0.25) is 0 Å². The molecule has 2 aromatic rings. The van der Waals surface area contributed by atoms with Gasteiger partial charge in [-0.3, -0.25) is 0 Å². The summed E-state index contributed by atoms with van der Waals surface area (Å²) in [5.41, 5.74) is 10.1. The minimum atomic E-state index is -0.347. The summed E-state index contributed by atoms with van der Waals surface area (Å²) in [6, 6.07) is 7.39. The second kappa shape index (κ2) is 6.40. The zero-order valence-electron chi connectivity index (χ0n) is 12.9. The maximum absolute atomic E-state index is 6.50. The maximum atomic E-state index is 6.50. The van der Waals surface area contributed by atoms with E-state index in [0.717, 1.165) is 28.9 Å². The van der Waals surface area contributed by atoms with Crippen LogP contribution in [0.1, 0.15) is 18.1 Å². The number of anilines is 1. The number of rotatable bonds is 3. The van der Waals surface area contributed by atoms with E-state index >= 15 is 0 Å². The SMILES string of the molecule is CCN1c2cc(Cl)ncc2C=C(c2c(Cl)cccc2OC)C1N. The van der Waals surface area contributed by atoms with Crippen molar-refractivity contribution in [3.63, 3.8) is 0 Å². The first-order valence-corrected chi connectivity index (χ1v) is 8.04. The van der Waals surface area contributed by atoms with Crippen LogP contribution in [-0.4, -0.2) is 24.8 Å². The van der Waals surface area contributed by atoms with Gasteiger partial charge in [-0.15, -0.1) is 0 Å². The fourth-order valence-electron chi connectivity index (χ4n) is 2.90. The van der Waals surface area contributed by atoms with Crippen LogP contribution in [0, 0.1) is 0 Å². The molecule has 0 fully saturated rings. The van der Waals surface area contributed by atoms with Crippen LogP contribution in [-0.2, 0) is 0 Å². The smallest absolute Gasteiger partial charge is 0.131 e. The van der Waals surface area contributed by atoms with E-state index < -0.39 is 0 Å². The Hall–Kier alpha value is -1.75. The summed E-state index contributed by atoms with van der Waals surface area (Å²) in [6.45, 7) is 2.78. The van der Waals surface area contributed by atoms with Gasteiger partial charge in [0, 0.05) is 29.4 Å². The van der Waals surface area contributed by atoms with Gasteiger partial charge in [0.15, 0.2) is 0 Å². The molecule has 0 saturated carbocycles. The summed E-state index contributed by atoms with van der Waals surface area (Å²) in [5.74, 6) is 0.695. The minimum absolute atomic E-state index is 0.347. The molecule has 1 atom stereocenters. The van der Waals surface area contributed by atoms with Crippen LogP contribution < -0.4 is 15.4 Å². The van der Waals surface area contributed by atoms with Crippen molar-refractivity contribution >= 4 is 40.5 Å². The average molecular weight is 350 g/mol. The molecule has 0 bridgehead atoms. The van der Waals surface area contributed by atoms with Crippen LogP contribution in [0.4, 0.5) is 5.69 Å². The lowest BCUT2D eigenvalue weighted by Crippen LogP contribution is -2.45. The molecule has 2 heterocycles. The van der Waals surface area contributed by atoms with Crippen molar-refractivity contribution in [2.45, 2.75) is 13.1 Å². The van der Waals surface area contributed by atoms with Crippen molar-refractivity contribution in [1.29, 1.82) is 0 Å². The van der Waals surface area contributed by atoms with Gasteiger partial charge in [-0.25, -0.2) is 4.98 Å². The summed E-state index contributed by atoms with van der Waals surface area (Å²) in [7, 11) is 1.62.